The molecular formula is C20H27FN4O3. The van der Waals surface area contributed by atoms with Gasteiger partial charge in [0.05, 0.1) is 12.3 Å². The number of nitrogens with zero attached hydrogens (tertiary/aromatic N) is 1. The average Bonchev–Trinajstić information content (AvgIpc) is 3.50. The van der Waals surface area contributed by atoms with Gasteiger partial charge in [0.15, 0.2) is 11.6 Å². The first kappa shape index (κ1) is 20.1. The van der Waals surface area contributed by atoms with Crippen molar-refractivity contribution in [1.29, 1.82) is 0 Å². The quantitative estimate of drug-likeness (QED) is 0.307. The number of urea groups is 1. The number of allylic oxidation sites excluding steroid dienone is 1. The molecule has 2 aliphatic rings. The topological polar surface area (TPSA) is 82.7 Å². The molecule has 0 unspecified atom stereocenters. The largest absolute Gasteiger partial charge is 0.490 e. The van der Waals surface area contributed by atoms with Gasteiger partial charge < -0.3 is 15.1 Å². The highest BCUT2D eigenvalue weighted by Gasteiger charge is 2.22. The number of rotatable bonds is 11. The van der Waals surface area contributed by atoms with E-state index in [0.29, 0.717) is 32.0 Å². The Labute approximate surface area is 164 Å². The normalized spacial score (nSPS) is 17.1. The van der Waals surface area contributed by atoms with E-state index in [1.54, 1.807) is 17.0 Å². The summed E-state index contributed by atoms with van der Waals surface area (Å²) in [6.45, 7) is 2.28. The minimum Gasteiger partial charge on any atom is -0.490 e. The van der Waals surface area contributed by atoms with Crippen LogP contribution in [0.4, 0.5) is 14.9 Å². The fourth-order valence-corrected chi connectivity index (χ4v) is 2.75. The van der Waals surface area contributed by atoms with Gasteiger partial charge >= 0.3 is 6.03 Å². The van der Waals surface area contributed by atoms with Gasteiger partial charge in [0, 0.05) is 32.1 Å². The number of ether oxygens (including phenoxy) is 1. The number of hydrazine groups is 1. The van der Waals surface area contributed by atoms with Crippen LogP contribution in [0.25, 0.3) is 0 Å². The number of halogens is 1. The lowest BCUT2D eigenvalue weighted by atomic mass is 10.2. The van der Waals surface area contributed by atoms with Crippen LogP contribution < -0.4 is 20.9 Å². The van der Waals surface area contributed by atoms with Crippen LogP contribution in [0.3, 0.4) is 0 Å². The van der Waals surface area contributed by atoms with Crippen molar-refractivity contribution >= 4 is 17.6 Å². The summed E-state index contributed by atoms with van der Waals surface area (Å²) in [7, 11) is 0. The third-order valence-electron chi connectivity index (χ3n) is 4.64. The summed E-state index contributed by atoms with van der Waals surface area (Å²) in [6, 6.07) is 4.41. The molecule has 1 saturated carbocycles. The maximum atomic E-state index is 13.8. The van der Waals surface area contributed by atoms with Gasteiger partial charge in [-0.1, -0.05) is 12.2 Å². The fraction of sp³-hybridized carbons (Fsp3) is 0.500. The number of hydrogen-bond acceptors (Lipinski definition) is 5. The second-order valence-corrected chi connectivity index (χ2v) is 7.11. The Hall–Kier alpha value is -2.61. The van der Waals surface area contributed by atoms with E-state index in [4.69, 9.17) is 4.74 Å². The van der Waals surface area contributed by atoms with Crippen LogP contribution in [0.1, 0.15) is 32.1 Å². The standard InChI is InChI=1S/C20H27FN4O3/c21-17-8-7-16(13-18(17)28-14-15-5-6-15)24-22-10-3-1-2-4-11-25-12-9-19(26)23-20(25)27/h2,4,7-8,13,15,22,24H,1,3,5-6,9-12,14H2,(H,23,26,27)/b4-2+. The number of unbranched alkanes of at least 4 members (excludes halogenated alkanes) is 1. The van der Waals surface area contributed by atoms with E-state index in [0.717, 1.165) is 25.1 Å². The first-order valence-corrected chi connectivity index (χ1v) is 9.77. The third-order valence-corrected chi connectivity index (χ3v) is 4.64. The number of hydrogen-bond donors (Lipinski definition) is 3. The lowest BCUT2D eigenvalue weighted by Gasteiger charge is -2.25. The molecule has 3 N–H and O–H groups in total. The lowest BCUT2D eigenvalue weighted by molar-refractivity contribution is -0.121. The van der Waals surface area contributed by atoms with Gasteiger partial charge in [-0.05, 0) is 43.7 Å². The van der Waals surface area contributed by atoms with E-state index in [1.165, 1.54) is 18.9 Å². The highest BCUT2D eigenvalue weighted by molar-refractivity contribution is 5.96. The average molecular weight is 390 g/mol. The predicted octanol–water partition coefficient (Wildman–Crippen LogP) is 2.81. The maximum Gasteiger partial charge on any atom is 0.324 e. The second-order valence-electron chi connectivity index (χ2n) is 7.11. The van der Waals surface area contributed by atoms with Gasteiger partial charge in [-0.2, -0.15) is 0 Å². The number of imide groups is 1. The van der Waals surface area contributed by atoms with Crippen LogP contribution in [-0.4, -0.2) is 43.1 Å². The Morgan fingerprint density at radius 1 is 1.29 bits per heavy atom. The number of benzene rings is 1. The highest BCUT2D eigenvalue weighted by atomic mass is 19.1. The third kappa shape index (κ3) is 6.53. The smallest absolute Gasteiger partial charge is 0.324 e. The molecule has 3 rings (SSSR count). The van der Waals surface area contributed by atoms with Crippen molar-refractivity contribution in [2.45, 2.75) is 32.1 Å². The molecule has 1 aromatic rings. The van der Waals surface area contributed by atoms with Crippen LogP contribution in [-0.2, 0) is 4.79 Å². The molecule has 2 fully saturated rings. The van der Waals surface area contributed by atoms with E-state index in [1.807, 2.05) is 12.2 Å². The summed E-state index contributed by atoms with van der Waals surface area (Å²) >= 11 is 0. The van der Waals surface area contributed by atoms with Gasteiger partial charge in [0.2, 0.25) is 5.91 Å². The van der Waals surface area contributed by atoms with Crippen LogP contribution in [0.5, 0.6) is 5.75 Å². The molecule has 0 atom stereocenters. The summed E-state index contributed by atoms with van der Waals surface area (Å²) < 4.78 is 19.3. The van der Waals surface area contributed by atoms with Crippen LogP contribution in [0.15, 0.2) is 30.4 Å². The minimum absolute atomic E-state index is 0.216. The molecule has 3 amide bonds. The minimum atomic E-state index is -0.344. The van der Waals surface area contributed by atoms with Crippen LogP contribution in [0, 0.1) is 11.7 Å². The van der Waals surface area contributed by atoms with Crippen LogP contribution in [0.2, 0.25) is 0 Å². The first-order valence-electron chi connectivity index (χ1n) is 9.77. The van der Waals surface area contributed by atoms with Crippen molar-refractivity contribution in [2.75, 3.05) is 31.7 Å². The van der Waals surface area contributed by atoms with E-state index in [2.05, 4.69) is 16.2 Å². The molecule has 0 spiro atoms. The molecule has 1 aliphatic heterocycles. The van der Waals surface area contributed by atoms with Crippen molar-refractivity contribution in [3.63, 3.8) is 0 Å². The molecule has 0 aromatic heterocycles. The van der Waals surface area contributed by atoms with Crippen molar-refractivity contribution < 1.29 is 18.7 Å². The molecule has 28 heavy (non-hydrogen) atoms. The molecule has 152 valence electrons. The number of nitrogens with one attached hydrogen (secondary N) is 3. The molecule has 0 bridgehead atoms. The molecule has 1 aromatic carbocycles. The molecule has 1 aliphatic carbocycles. The number of amides is 3. The van der Waals surface area contributed by atoms with Gasteiger partial charge in [-0.3, -0.25) is 10.1 Å². The SMILES string of the molecule is O=C1CCN(C/C=C/CCCNNc2ccc(F)c(OCC3CC3)c2)C(=O)N1. The molecule has 1 saturated heterocycles. The lowest BCUT2D eigenvalue weighted by Crippen LogP contribution is -2.49. The second kappa shape index (κ2) is 10.1. The number of carbonyl (C=O) groups is 2. The Kier molecular flexibility index (Phi) is 7.25. The summed E-state index contributed by atoms with van der Waals surface area (Å²) in [5.41, 5.74) is 6.92. The first-order chi connectivity index (χ1) is 13.6. The zero-order valence-corrected chi connectivity index (χ0v) is 15.9. The Balaban J connectivity index is 1.28. The molecular weight excluding hydrogens is 363 g/mol. The van der Waals surface area contributed by atoms with Crippen molar-refractivity contribution in [2.24, 2.45) is 5.92 Å². The molecule has 0 radical (unpaired) electrons. The molecule has 8 heteroatoms. The fourth-order valence-electron chi connectivity index (χ4n) is 2.75. The van der Waals surface area contributed by atoms with Gasteiger partial charge in [-0.25, -0.2) is 14.6 Å². The molecule has 1 heterocycles. The van der Waals surface area contributed by atoms with Crippen molar-refractivity contribution in [3.8, 4) is 5.75 Å². The zero-order chi connectivity index (χ0) is 19.8. The summed E-state index contributed by atoms with van der Waals surface area (Å²) in [5.74, 6) is 0.300. The van der Waals surface area contributed by atoms with E-state index in [9.17, 15) is 14.0 Å². The van der Waals surface area contributed by atoms with Gasteiger partial charge in [-0.15, -0.1) is 0 Å². The highest BCUT2D eigenvalue weighted by Crippen LogP contribution is 2.30. The van der Waals surface area contributed by atoms with Gasteiger partial charge in [0.1, 0.15) is 0 Å². The monoisotopic (exact) mass is 390 g/mol. The van der Waals surface area contributed by atoms with E-state index >= 15 is 0 Å². The van der Waals surface area contributed by atoms with Crippen LogP contribution >= 0.6 is 0 Å². The number of anilines is 1. The predicted molar refractivity (Wildman–Crippen MR) is 104 cm³/mol. The number of carbonyl (C=O) groups excluding carboxylic acids is 2. The summed E-state index contributed by atoms with van der Waals surface area (Å²) in [6.07, 6.45) is 8.41. The zero-order valence-electron chi connectivity index (χ0n) is 15.9. The van der Waals surface area contributed by atoms with Crippen molar-refractivity contribution in [3.05, 3.63) is 36.2 Å². The van der Waals surface area contributed by atoms with E-state index < -0.39 is 0 Å². The summed E-state index contributed by atoms with van der Waals surface area (Å²) in [5, 5.41) is 2.30. The van der Waals surface area contributed by atoms with Gasteiger partial charge in [0.25, 0.3) is 0 Å². The summed E-state index contributed by atoms with van der Waals surface area (Å²) in [4.78, 5) is 24.3. The Morgan fingerprint density at radius 2 is 2.14 bits per heavy atom. The maximum absolute atomic E-state index is 13.8. The molecule has 7 nitrogen and oxygen atoms in total. The Morgan fingerprint density at radius 3 is 2.93 bits per heavy atom. The Bertz CT molecular complexity index is 721. The van der Waals surface area contributed by atoms with E-state index in [-0.39, 0.29) is 23.5 Å². The van der Waals surface area contributed by atoms with Crippen molar-refractivity contribution in [1.82, 2.24) is 15.6 Å².